The van der Waals surface area contributed by atoms with Crippen LogP contribution < -0.4 is 11.1 Å². The second kappa shape index (κ2) is 6.84. The molecule has 0 aliphatic carbocycles. The van der Waals surface area contributed by atoms with Gasteiger partial charge in [-0.05, 0) is 28.8 Å². The number of primary amides is 1. The van der Waals surface area contributed by atoms with E-state index in [0.29, 0.717) is 5.56 Å². The highest BCUT2D eigenvalue weighted by atomic mass is 16.3. The van der Waals surface area contributed by atoms with Crippen LogP contribution in [0.4, 0.5) is 0 Å². The summed E-state index contributed by atoms with van der Waals surface area (Å²) in [7, 11) is 0. The van der Waals surface area contributed by atoms with Crippen LogP contribution in [0.3, 0.4) is 0 Å². The molecule has 0 aromatic heterocycles. The number of carbonyl (C=O) groups excluding carboxylic acids is 1. The topological polar surface area (TPSA) is 75.4 Å². The van der Waals surface area contributed by atoms with Crippen molar-refractivity contribution in [3.05, 3.63) is 70.8 Å². The first-order valence-electron chi connectivity index (χ1n) is 6.47. The Hall–Kier alpha value is -2.17. The Morgan fingerprint density at radius 2 is 1.35 bits per heavy atom. The molecule has 4 nitrogen and oxygen atoms in total. The quantitative estimate of drug-likeness (QED) is 0.745. The van der Waals surface area contributed by atoms with Gasteiger partial charge in [-0.15, -0.1) is 0 Å². The minimum Gasteiger partial charge on any atom is -0.392 e. The third-order valence-corrected chi connectivity index (χ3v) is 3.10. The normalized spacial score (nSPS) is 10.4. The zero-order valence-corrected chi connectivity index (χ0v) is 11.2. The molecule has 4 heteroatoms. The van der Waals surface area contributed by atoms with E-state index < -0.39 is 5.91 Å². The molecule has 0 saturated carbocycles. The first kappa shape index (κ1) is 14.2. The van der Waals surface area contributed by atoms with Gasteiger partial charge in [0, 0.05) is 18.7 Å². The molecule has 1 amide bonds. The summed E-state index contributed by atoms with van der Waals surface area (Å²) in [6, 6.07) is 15.1. The fourth-order valence-corrected chi connectivity index (χ4v) is 1.90. The fraction of sp³-hybridized carbons (Fsp3) is 0.188. The van der Waals surface area contributed by atoms with E-state index in [-0.39, 0.29) is 6.61 Å². The third-order valence-electron chi connectivity index (χ3n) is 3.10. The van der Waals surface area contributed by atoms with Crippen LogP contribution in [0.25, 0.3) is 0 Å². The van der Waals surface area contributed by atoms with Gasteiger partial charge in [-0.3, -0.25) is 4.79 Å². The molecular formula is C16H18N2O2. The zero-order valence-electron chi connectivity index (χ0n) is 11.2. The lowest BCUT2D eigenvalue weighted by molar-refractivity contribution is 0.100. The summed E-state index contributed by atoms with van der Waals surface area (Å²) in [6.07, 6.45) is 0. The Kier molecular flexibility index (Phi) is 4.87. The van der Waals surface area contributed by atoms with Gasteiger partial charge < -0.3 is 16.2 Å². The Balaban J connectivity index is 1.84. The summed E-state index contributed by atoms with van der Waals surface area (Å²) in [4.78, 5) is 11.0. The molecule has 0 unspecified atom stereocenters. The van der Waals surface area contributed by atoms with E-state index in [1.165, 1.54) is 0 Å². The maximum absolute atomic E-state index is 11.0. The molecule has 0 bridgehead atoms. The highest BCUT2D eigenvalue weighted by Gasteiger charge is 2.00. The minimum absolute atomic E-state index is 0.0694. The summed E-state index contributed by atoms with van der Waals surface area (Å²) in [5.41, 5.74) is 8.89. The van der Waals surface area contributed by atoms with E-state index in [0.717, 1.165) is 29.8 Å². The molecule has 20 heavy (non-hydrogen) atoms. The average Bonchev–Trinajstić information content (AvgIpc) is 2.48. The monoisotopic (exact) mass is 270 g/mol. The Labute approximate surface area is 118 Å². The molecule has 0 saturated heterocycles. The van der Waals surface area contributed by atoms with E-state index in [4.69, 9.17) is 10.8 Å². The largest absolute Gasteiger partial charge is 0.392 e. The maximum Gasteiger partial charge on any atom is 0.248 e. The van der Waals surface area contributed by atoms with E-state index in [1.807, 2.05) is 36.4 Å². The molecule has 4 N–H and O–H groups in total. The summed E-state index contributed by atoms with van der Waals surface area (Å²) >= 11 is 0. The SMILES string of the molecule is NC(=O)c1ccc(CNCc2ccc(CO)cc2)cc1. The second-order valence-electron chi connectivity index (χ2n) is 4.64. The van der Waals surface area contributed by atoms with Crippen LogP contribution in [-0.4, -0.2) is 11.0 Å². The molecule has 104 valence electrons. The molecule has 0 spiro atoms. The van der Waals surface area contributed by atoms with Crippen LogP contribution in [0.2, 0.25) is 0 Å². The van der Waals surface area contributed by atoms with Crippen LogP contribution in [0, 0.1) is 0 Å². The van der Waals surface area contributed by atoms with E-state index >= 15 is 0 Å². The number of hydrogen-bond acceptors (Lipinski definition) is 3. The van der Waals surface area contributed by atoms with Crippen molar-refractivity contribution in [3.63, 3.8) is 0 Å². The molecule has 2 rings (SSSR count). The Morgan fingerprint density at radius 3 is 1.80 bits per heavy atom. The number of aliphatic hydroxyl groups excluding tert-OH is 1. The summed E-state index contributed by atoms with van der Waals surface area (Å²) in [5, 5.41) is 12.3. The van der Waals surface area contributed by atoms with Crippen LogP contribution in [0.5, 0.6) is 0 Å². The summed E-state index contributed by atoms with van der Waals surface area (Å²) in [6.45, 7) is 1.55. The van der Waals surface area contributed by atoms with Crippen molar-refractivity contribution in [2.24, 2.45) is 5.73 Å². The smallest absolute Gasteiger partial charge is 0.248 e. The van der Waals surface area contributed by atoms with Gasteiger partial charge >= 0.3 is 0 Å². The van der Waals surface area contributed by atoms with Crippen LogP contribution >= 0.6 is 0 Å². The lowest BCUT2D eigenvalue weighted by atomic mass is 10.1. The number of hydrogen-bond donors (Lipinski definition) is 3. The van der Waals surface area contributed by atoms with Crippen molar-refractivity contribution < 1.29 is 9.90 Å². The molecule has 0 atom stereocenters. The summed E-state index contributed by atoms with van der Waals surface area (Å²) < 4.78 is 0. The molecule has 0 fully saturated rings. The highest BCUT2D eigenvalue weighted by Crippen LogP contribution is 2.06. The number of carbonyl (C=O) groups is 1. The molecule has 0 aliphatic rings. The molecule has 2 aromatic carbocycles. The van der Waals surface area contributed by atoms with Crippen molar-refractivity contribution in [3.8, 4) is 0 Å². The minimum atomic E-state index is -0.409. The van der Waals surface area contributed by atoms with E-state index in [1.54, 1.807) is 12.1 Å². The average molecular weight is 270 g/mol. The zero-order chi connectivity index (χ0) is 14.4. The first-order chi connectivity index (χ1) is 9.69. The van der Waals surface area contributed by atoms with Crippen LogP contribution in [0.15, 0.2) is 48.5 Å². The Morgan fingerprint density at radius 1 is 0.900 bits per heavy atom. The maximum atomic E-state index is 11.0. The van der Waals surface area contributed by atoms with Crippen molar-refractivity contribution in [2.45, 2.75) is 19.7 Å². The summed E-state index contributed by atoms with van der Waals surface area (Å²) in [5.74, 6) is -0.409. The van der Waals surface area contributed by atoms with Crippen LogP contribution in [-0.2, 0) is 19.7 Å². The molecule has 0 heterocycles. The van der Waals surface area contributed by atoms with Gasteiger partial charge in [0.15, 0.2) is 0 Å². The van der Waals surface area contributed by atoms with Gasteiger partial charge in [-0.2, -0.15) is 0 Å². The molecule has 0 radical (unpaired) electrons. The van der Waals surface area contributed by atoms with Gasteiger partial charge in [-0.25, -0.2) is 0 Å². The van der Waals surface area contributed by atoms with Crippen molar-refractivity contribution in [2.75, 3.05) is 0 Å². The van der Waals surface area contributed by atoms with Gasteiger partial charge in [0.1, 0.15) is 0 Å². The van der Waals surface area contributed by atoms with E-state index in [9.17, 15) is 4.79 Å². The predicted molar refractivity (Wildman–Crippen MR) is 77.9 cm³/mol. The number of rotatable bonds is 6. The lowest BCUT2D eigenvalue weighted by Gasteiger charge is -2.06. The lowest BCUT2D eigenvalue weighted by Crippen LogP contribution is -2.14. The van der Waals surface area contributed by atoms with Crippen molar-refractivity contribution >= 4 is 5.91 Å². The van der Waals surface area contributed by atoms with E-state index in [2.05, 4.69) is 5.32 Å². The Bertz CT molecular complexity index is 562. The number of benzene rings is 2. The fourth-order valence-electron chi connectivity index (χ4n) is 1.90. The number of aliphatic hydroxyl groups is 1. The predicted octanol–water partition coefficient (Wildman–Crippen LogP) is 1.57. The number of nitrogens with two attached hydrogens (primary N) is 1. The highest BCUT2D eigenvalue weighted by molar-refractivity contribution is 5.92. The standard InChI is InChI=1S/C16H18N2O2/c17-16(20)15-7-5-13(6-8-15)10-18-9-12-1-3-14(11-19)4-2-12/h1-8,18-19H,9-11H2,(H2,17,20). The number of amides is 1. The molecular weight excluding hydrogens is 252 g/mol. The molecule has 0 aliphatic heterocycles. The first-order valence-corrected chi connectivity index (χ1v) is 6.47. The van der Waals surface area contributed by atoms with Gasteiger partial charge in [0.25, 0.3) is 0 Å². The van der Waals surface area contributed by atoms with Crippen molar-refractivity contribution in [1.29, 1.82) is 0 Å². The van der Waals surface area contributed by atoms with Gasteiger partial charge in [0.05, 0.1) is 6.61 Å². The van der Waals surface area contributed by atoms with Crippen LogP contribution in [0.1, 0.15) is 27.0 Å². The number of nitrogens with one attached hydrogen (secondary N) is 1. The molecule has 2 aromatic rings. The van der Waals surface area contributed by atoms with Gasteiger partial charge in [0.2, 0.25) is 5.91 Å². The van der Waals surface area contributed by atoms with Crippen molar-refractivity contribution in [1.82, 2.24) is 5.32 Å². The second-order valence-corrected chi connectivity index (χ2v) is 4.64. The van der Waals surface area contributed by atoms with Gasteiger partial charge in [-0.1, -0.05) is 36.4 Å². The third kappa shape index (κ3) is 3.91.